The molecule has 3 rings (SSSR count). The van der Waals surface area contributed by atoms with Gasteiger partial charge in [0, 0.05) is 50.7 Å². The molecule has 2 N–H and O–H groups in total. The lowest BCUT2D eigenvalue weighted by Crippen LogP contribution is -2.53. The average Bonchev–Trinajstić information content (AvgIpc) is 2.94. The van der Waals surface area contributed by atoms with Crippen LogP contribution in [0, 0.1) is 11.8 Å². The van der Waals surface area contributed by atoms with E-state index < -0.39 is 11.7 Å². The van der Waals surface area contributed by atoms with Crippen LogP contribution in [-0.4, -0.2) is 95.7 Å². The molecule has 1 aliphatic heterocycles. The quantitative estimate of drug-likeness (QED) is 0.202. The maximum absolute atomic E-state index is 12.9. The first-order chi connectivity index (χ1) is 20.3. The zero-order valence-electron chi connectivity index (χ0n) is 26.5. The molecule has 0 radical (unpaired) electrons. The molecule has 2 fully saturated rings. The Morgan fingerprint density at radius 3 is 2.51 bits per heavy atom. The molecule has 1 saturated carbocycles. The predicted octanol–water partition coefficient (Wildman–Crippen LogP) is 6.80. The predicted molar refractivity (Wildman–Crippen MR) is 175 cm³/mol. The van der Waals surface area contributed by atoms with Crippen LogP contribution in [0.3, 0.4) is 0 Å². The van der Waals surface area contributed by atoms with Gasteiger partial charge in [-0.25, -0.2) is 9.59 Å². The number of carbonyl (C=O) groups is 2. The van der Waals surface area contributed by atoms with Crippen LogP contribution in [0.25, 0.3) is 0 Å². The topological polar surface area (TPSA) is 94.6 Å². The van der Waals surface area contributed by atoms with Gasteiger partial charge in [0.25, 0.3) is 0 Å². The Balaban J connectivity index is 1.77. The van der Waals surface area contributed by atoms with E-state index in [9.17, 15) is 9.59 Å². The van der Waals surface area contributed by atoms with Crippen LogP contribution in [0.5, 0.6) is 0 Å². The third kappa shape index (κ3) is 11.6. The van der Waals surface area contributed by atoms with Crippen LogP contribution in [0.1, 0.15) is 83.7 Å². The van der Waals surface area contributed by atoms with E-state index in [0.29, 0.717) is 42.4 Å². The van der Waals surface area contributed by atoms with Gasteiger partial charge in [-0.05, 0) is 75.9 Å². The van der Waals surface area contributed by atoms with Crippen LogP contribution in [-0.2, 0) is 9.47 Å². The Hall–Kier alpha value is -2.30. The van der Waals surface area contributed by atoms with Gasteiger partial charge in [-0.15, -0.1) is 0 Å². The summed E-state index contributed by atoms with van der Waals surface area (Å²) in [7, 11) is 3.33. The fraction of sp³-hybridized carbons (Fsp3) is 0.719. The highest BCUT2D eigenvalue weighted by Gasteiger charge is 2.35. The van der Waals surface area contributed by atoms with Crippen molar-refractivity contribution in [2.75, 3.05) is 46.9 Å². The summed E-state index contributed by atoms with van der Waals surface area (Å²) in [5.74, 6) is 0.736. The van der Waals surface area contributed by atoms with E-state index in [4.69, 9.17) is 38.4 Å². The summed E-state index contributed by atoms with van der Waals surface area (Å²) in [5, 5.41) is 14.2. The van der Waals surface area contributed by atoms with Crippen molar-refractivity contribution in [3.8, 4) is 0 Å². The molecule has 43 heavy (non-hydrogen) atoms. The standard InChI is InChI=1S/C32H51ClN4O5S/c1-32(2,3)42-31(40)36(5)21-27(19-23-11-7-6-8-12-23)34-29(43)37-16-10-14-25(22-41-18-17-35(4)30(38)39)28(37)24-13-9-15-26(33)20-24/h9,13,15,20,23,25,27-28H,6-8,10-12,14,16-19,21-22H2,1-5H3,(H,34,43)(H,38,39)/t25-,27-,28?/m0/s1. The highest BCUT2D eigenvalue weighted by molar-refractivity contribution is 7.80. The number of carbonyl (C=O) groups excluding carboxylic acids is 1. The second kappa shape index (κ2) is 16.7. The van der Waals surface area contributed by atoms with Gasteiger partial charge >= 0.3 is 12.2 Å². The first-order valence-electron chi connectivity index (χ1n) is 15.6. The lowest BCUT2D eigenvalue weighted by Gasteiger charge is -2.44. The molecular formula is C32H51ClN4O5S. The van der Waals surface area contributed by atoms with Crippen LogP contribution >= 0.6 is 23.8 Å². The third-order valence-electron chi connectivity index (χ3n) is 8.31. The second-order valence-corrected chi connectivity index (χ2v) is 13.9. The summed E-state index contributed by atoms with van der Waals surface area (Å²) >= 11 is 12.6. The Labute approximate surface area is 268 Å². The van der Waals surface area contributed by atoms with Gasteiger partial charge in [0.2, 0.25) is 0 Å². The highest BCUT2D eigenvalue weighted by atomic mass is 35.5. The zero-order valence-corrected chi connectivity index (χ0v) is 28.1. The van der Waals surface area contributed by atoms with E-state index in [-0.39, 0.29) is 24.1 Å². The first kappa shape index (κ1) is 35.2. The fourth-order valence-corrected chi connectivity index (χ4v) is 6.73. The molecule has 1 aliphatic carbocycles. The number of hydrogen-bond acceptors (Lipinski definition) is 5. The number of nitrogens with one attached hydrogen (secondary N) is 1. The Morgan fingerprint density at radius 2 is 1.86 bits per heavy atom. The minimum atomic E-state index is -0.972. The number of ether oxygens (including phenoxy) is 2. The SMILES string of the molecule is CN(CCOC[C@@H]1CCCN(C(=S)N[C@@H](CC2CCCCC2)CN(C)C(=O)OC(C)(C)C)C1c1cccc(Cl)c1)C(=O)O. The average molecular weight is 639 g/mol. The van der Waals surface area contributed by atoms with Crippen molar-refractivity contribution < 1.29 is 24.2 Å². The molecule has 11 heteroatoms. The van der Waals surface area contributed by atoms with Crippen molar-refractivity contribution in [1.82, 2.24) is 20.0 Å². The van der Waals surface area contributed by atoms with Gasteiger partial charge < -0.3 is 34.6 Å². The van der Waals surface area contributed by atoms with Gasteiger partial charge in [0.05, 0.1) is 19.3 Å². The van der Waals surface area contributed by atoms with Crippen LogP contribution in [0.15, 0.2) is 24.3 Å². The molecule has 1 aromatic rings. The lowest BCUT2D eigenvalue weighted by atomic mass is 9.84. The molecule has 0 aromatic heterocycles. The number of benzene rings is 1. The van der Waals surface area contributed by atoms with Crippen molar-refractivity contribution >= 4 is 41.1 Å². The number of amides is 2. The number of likely N-dealkylation sites (N-methyl/N-ethyl adjacent to an activating group) is 2. The fourth-order valence-electron chi connectivity index (χ4n) is 6.16. The smallest absolute Gasteiger partial charge is 0.410 e. The van der Waals surface area contributed by atoms with E-state index in [2.05, 4.69) is 16.3 Å². The summed E-state index contributed by atoms with van der Waals surface area (Å²) in [4.78, 5) is 29.2. The molecule has 1 saturated heterocycles. The summed E-state index contributed by atoms with van der Waals surface area (Å²) in [5.41, 5.74) is 0.507. The molecule has 242 valence electrons. The first-order valence-corrected chi connectivity index (χ1v) is 16.4. The van der Waals surface area contributed by atoms with Gasteiger partial charge in [0.1, 0.15) is 5.60 Å². The molecule has 9 nitrogen and oxygen atoms in total. The number of hydrogen-bond donors (Lipinski definition) is 2. The van der Waals surface area contributed by atoms with Crippen molar-refractivity contribution in [1.29, 1.82) is 0 Å². The van der Waals surface area contributed by atoms with E-state index in [0.717, 1.165) is 31.4 Å². The number of likely N-dealkylation sites (tertiary alicyclic amines) is 1. The summed E-state index contributed by atoms with van der Waals surface area (Å²) in [6, 6.07) is 7.84. The van der Waals surface area contributed by atoms with E-state index in [1.54, 1.807) is 11.9 Å². The maximum atomic E-state index is 12.9. The number of halogens is 1. The van der Waals surface area contributed by atoms with E-state index >= 15 is 0 Å². The normalized spacial score (nSPS) is 20.3. The number of rotatable bonds is 11. The van der Waals surface area contributed by atoms with Gasteiger partial charge in [0.15, 0.2) is 5.11 Å². The molecule has 1 heterocycles. The summed E-state index contributed by atoms with van der Waals surface area (Å²) in [6.07, 6.45) is 7.72. The van der Waals surface area contributed by atoms with E-state index in [1.165, 1.54) is 44.1 Å². The Kier molecular flexibility index (Phi) is 13.6. The molecular weight excluding hydrogens is 588 g/mol. The maximum Gasteiger partial charge on any atom is 0.410 e. The number of piperidine rings is 1. The van der Waals surface area contributed by atoms with Crippen LogP contribution < -0.4 is 5.32 Å². The molecule has 2 amide bonds. The molecule has 1 unspecified atom stereocenters. The van der Waals surface area contributed by atoms with Crippen LogP contribution in [0.4, 0.5) is 9.59 Å². The zero-order chi connectivity index (χ0) is 31.6. The molecule has 2 aliphatic rings. The minimum absolute atomic E-state index is 0.0173. The molecule has 3 atom stereocenters. The third-order valence-corrected chi connectivity index (χ3v) is 8.89. The Morgan fingerprint density at radius 1 is 1.14 bits per heavy atom. The van der Waals surface area contributed by atoms with Crippen molar-refractivity contribution in [2.45, 2.75) is 89.8 Å². The molecule has 0 spiro atoms. The summed E-state index contributed by atoms with van der Waals surface area (Å²) < 4.78 is 11.7. The summed E-state index contributed by atoms with van der Waals surface area (Å²) in [6.45, 7) is 8.03. The largest absolute Gasteiger partial charge is 0.465 e. The Bertz CT molecular complexity index is 1060. The van der Waals surface area contributed by atoms with Crippen molar-refractivity contribution in [2.24, 2.45) is 11.8 Å². The molecule has 0 bridgehead atoms. The number of nitrogens with zero attached hydrogens (tertiary/aromatic N) is 3. The number of carboxylic acid groups (broad SMARTS) is 1. The van der Waals surface area contributed by atoms with E-state index in [1.807, 2.05) is 39.0 Å². The van der Waals surface area contributed by atoms with Crippen molar-refractivity contribution in [3.63, 3.8) is 0 Å². The van der Waals surface area contributed by atoms with Crippen LogP contribution in [0.2, 0.25) is 5.02 Å². The molecule has 1 aromatic carbocycles. The number of thiocarbonyl (C=S) groups is 1. The lowest BCUT2D eigenvalue weighted by molar-refractivity contribution is 0.0275. The minimum Gasteiger partial charge on any atom is -0.465 e. The highest BCUT2D eigenvalue weighted by Crippen LogP contribution is 2.37. The monoisotopic (exact) mass is 638 g/mol. The van der Waals surface area contributed by atoms with Gasteiger partial charge in [-0.2, -0.15) is 0 Å². The second-order valence-electron chi connectivity index (χ2n) is 13.1. The van der Waals surface area contributed by atoms with Crippen molar-refractivity contribution in [3.05, 3.63) is 34.9 Å². The van der Waals surface area contributed by atoms with Gasteiger partial charge in [-0.3, -0.25) is 0 Å². The van der Waals surface area contributed by atoms with Gasteiger partial charge in [-0.1, -0.05) is 55.8 Å².